The molecule has 10 nitrogen and oxygen atoms in total. The third-order valence-electron chi connectivity index (χ3n) is 6.97. The first-order chi connectivity index (χ1) is 19.8. The van der Waals surface area contributed by atoms with Crippen molar-refractivity contribution in [2.24, 2.45) is 0 Å². The Kier molecular flexibility index (Phi) is 13.8. The summed E-state index contributed by atoms with van der Waals surface area (Å²) in [7, 11) is -9.29. The Morgan fingerprint density at radius 2 is 1.55 bits per heavy atom. The minimum Gasteiger partial charge on any atom is -0.871 e. The number of anilines is 1. The van der Waals surface area contributed by atoms with Gasteiger partial charge in [-0.15, -0.1) is 0 Å². The summed E-state index contributed by atoms with van der Waals surface area (Å²) in [5.41, 5.74) is 1.39. The number of carbonyl (C=O) groups is 1. The summed E-state index contributed by atoms with van der Waals surface area (Å²) in [5, 5.41) is 14.4. The molecule has 0 fully saturated rings. The number of rotatable bonds is 10. The molecule has 222 valence electrons. The number of fused-ring (bicyclic) bond motifs is 2. The third kappa shape index (κ3) is 8.10. The van der Waals surface area contributed by atoms with Crippen LogP contribution < -0.4 is 117 Å². The SMILES string of the molecule is CCCCN1/C(=C/C2=C([O-])C(=C/c3sc4cc(S(=O)(=O)[O-])ccc4[n+]3CCCC)/C2=O)Sc2cc(S(=O)(=O)[O-])ccc21.[K+].[K+]. The molecule has 1 aliphatic heterocycles. The Balaban J connectivity index is 0.00000264. The zero-order valence-corrected chi connectivity index (χ0v) is 34.2. The predicted molar refractivity (Wildman–Crippen MR) is 156 cm³/mol. The minimum absolute atomic E-state index is 0. The third-order valence-corrected chi connectivity index (χ3v) is 10.8. The van der Waals surface area contributed by atoms with Crippen molar-refractivity contribution >= 4 is 71.1 Å². The van der Waals surface area contributed by atoms with Gasteiger partial charge in [0.1, 0.15) is 24.9 Å². The zero-order chi connectivity index (χ0) is 30.4. The number of ketones is 1. The van der Waals surface area contributed by atoms with E-state index in [0.717, 1.165) is 25.7 Å². The van der Waals surface area contributed by atoms with E-state index in [4.69, 9.17) is 0 Å². The van der Waals surface area contributed by atoms with E-state index in [1.165, 1.54) is 59.5 Å². The van der Waals surface area contributed by atoms with Gasteiger partial charge in [-0.05, 0) is 42.8 Å². The van der Waals surface area contributed by atoms with Crippen LogP contribution >= 0.6 is 23.1 Å². The monoisotopic (exact) mass is 724 g/mol. The molecule has 0 atom stereocenters. The largest absolute Gasteiger partial charge is 1.00 e. The van der Waals surface area contributed by atoms with Crippen LogP contribution in [0.2, 0.25) is 0 Å². The van der Waals surface area contributed by atoms with Gasteiger partial charge >= 0.3 is 103 Å². The molecule has 0 saturated heterocycles. The van der Waals surface area contributed by atoms with E-state index in [2.05, 4.69) is 0 Å². The average Bonchev–Trinajstić information content (AvgIpc) is 3.47. The number of carbonyl (C=O) groups excluding carboxylic acids is 1. The van der Waals surface area contributed by atoms with Gasteiger partial charge in [-0.25, -0.2) is 16.8 Å². The quantitative estimate of drug-likeness (QED) is 0.0958. The number of unbranched alkanes of at least 4 members (excludes halogenated alkanes) is 2. The second-order valence-electron chi connectivity index (χ2n) is 9.83. The molecule has 3 aromatic rings. The molecule has 2 aliphatic rings. The van der Waals surface area contributed by atoms with Crippen LogP contribution in [0.3, 0.4) is 0 Å². The fraction of sp³-hybridized carbons (Fsp3) is 0.286. The summed E-state index contributed by atoms with van der Waals surface area (Å²) in [6.45, 7) is 5.19. The van der Waals surface area contributed by atoms with Crippen molar-refractivity contribution in [2.45, 2.75) is 60.8 Å². The van der Waals surface area contributed by atoms with Crippen LogP contribution in [0.5, 0.6) is 0 Å². The predicted octanol–water partition coefficient (Wildman–Crippen LogP) is -2.36. The Hall–Kier alpha value is 0.263. The van der Waals surface area contributed by atoms with Crippen LogP contribution in [0, 0.1) is 0 Å². The van der Waals surface area contributed by atoms with Gasteiger partial charge in [-0.3, -0.25) is 4.79 Å². The minimum atomic E-state index is -4.65. The van der Waals surface area contributed by atoms with Crippen LogP contribution in [0.1, 0.15) is 44.5 Å². The molecular weight excluding hydrogens is 699 g/mol. The van der Waals surface area contributed by atoms with Gasteiger partial charge in [0.05, 0.1) is 20.5 Å². The second-order valence-corrected chi connectivity index (χ2v) is 14.7. The molecule has 1 aliphatic carbocycles. The topological polar surface area (TPSA) is 162 Å². The number of aryl methyl sites for hydroxylation is 1. The Morgan fingerprint density at radius 3 is 2.16 bits per heavy atom. The smallest absolute Gasteiger partial charge is 0.871 e. The number of aromatic nitrogens is 1. The van der Waals surface area contributed by atoms with Crippen LogP contribution in [0.25, 0.3) is 16.3 Å². The average molecular weight is 725 g/mol. The van der Waals surface area contributed by atoms with E-state index in [1.807, 2.05) is 23.3 Å². The van der Waals surface area contributed by atoms with Crippen molar-refractivity contribution in [3.63, 3.8) is 0 Å². The number of hydrogen-bond donors (Lipinski definition) is 0. The molecule has 0 amide bonds. The molecule has 44 heavy (non-hydrogen) atoms. The molecule has 5 rings (SSSR count). The van der Waals surface area contributed by atoms with E-state index in [1.54, 1.807) is 12.1 Å². The van der Waals surface area contributed by atoms with Crippen LogP contribution in [0.4, 0.5) is 5.69 Å². The Morgan fingerprint density at radius 1 is 0.909 bits per heavy atom. The Bertz CT molecular complexity index is 1930. The number of nitrogens with zero attached hydrogens (tertiary/aromatic N) is 2. The van der Waals surface area contributed by atoms with Crippen molar-refractivity contribution in [2.75, 3.05) is 11.4 Å². The van der Waals surface area contributed by atoms with Crippen molar-refractivity contribution in [1.29, 1.82) is 0 Å². The molecule has 0 radical (unpaired) electrons. The van der Waals surface area contributed by atoms with E-state index >= 15 is 0 Å². The first-order valence-corrected chi connectivity index (χ1v) is 17.7. The summed E-state index contributed by atoms with van der Waals surface area (Å²) in [6, 6.07) is 8.25. The van der Waals surface area contributed by atoms with Crippen molar-refractivity contribution in [3.8, 4) is 0 Å². The van der Waals surface area contributed by atoms with E-state index in [0.29, 0.717) is 43.9 Å². The number of hydrogen-bond acceptors (Lipinski definition) is 11. The van der Waals surface area contributed by atoms with Gasteiger partial charge < -0.3 is 19.1 Å². The molecule has 0 bridgehead atoms. The van der Waals surface area contributed by atoms with Gasteiger partial charge in [0, 0.05) is 41.1 Å². The maximum atomic E-state index is 13.2. The van der Waals surface area contributed by atoms with Gasteiger partial charge in [0.15, 0.2) is 12.3 Å². The van der Waals surface area contributed by atoms with E-state index < -0.39 is 31.8 Å². The number of allylic oxidation sites excluding steroid dienone is 3. The van der Waals surface area contributed by atoms with Gasteiger partial charge in [0.25, 0.3) is 5.01 Å². The number of thiazole rings is 1. The number of benzene rings is 2. The molecule has 0 N–H and O–H groups in total. The summed E-state index contributed by atoms with van der Waals surface area (Å²) in [4.78, 5) is 15.0. The summed E-state index contributed by atoms with van der Waals surface area (Å²) in [6.07, 6.45) is 6.40. The first kappa shape index (κ1) is 38.7. The standard InChI is InChI=1S/C28H28N2O8S4.2K/c1-3-5-11-29-21-9-7-17(41(33,34)35)13-23(21)39-25(29)15-19-27(31)20(28(19)32)16-26-30(12-6-4-2)22-10-8-18(42(36,37)38)14-24(22)40-26;;/h7-10,13-16H,3-6,11-12H2,1-2H3,(H2-,31,32,33,34,35,36,37,38);;/q;2*+1/p-2. The van der Waals surface area contributed by atoms with Crippen molar-refractivity contribution in [3.05, 3.63) is 69.4 Å². The molecule has 0 unspecified atom stereocenters. The maximum Gasteiger partial charge on any atom is 1.00 e. The fourth-order valence-corrected chi connectivity index (χ4v) is 8.22. The van der Waals surface area contributed by atoms with Gasteiger partial charge in [-0.1, -0.05) is 55.5 Å². The van der Waals surface area contributed by atoms with Crippen LogP contribution in [-0.4, -0.2) is 38.3 Å². The molecule has 0 saturated carbocycles. The molecule has 16 heteroatoms. The number of thioether (sulfide) groups is 1. The summed E-state index contributed by atoms with van der Waals surface area (Å²) < 4.78 is 71.7. The van der Waals surface area contributed by atoms with Gasteiger partial charge in [-0.2, -0.15) is 4.57 Å². The maximum absolute atomic E-state index is 13.2. The molecule has 2 heterocycles. The second kappa shape index (κ2) is 15.7. The van der Waals surface area contributed by atoms with Gasteiger partial charge in [0.2, 0.25) is 5.52 Å². The van der Waals surface area contributed by atoms with Crippen molar-refractivity contribution < 1.29 is 143 Å². The zero-order valence-electron chi connectivity index (χ0n) is 24.7. The Labute approximate surface area is 350 Å². The molecule has 2 aromatic carbocycles. The molecule has 0 spiro atoms. The normalized spacial score (nSPS) is 16.7. The molecular formula is C28H26K2N2O8S4. The molecule has 1 aromatic heterocycles. The summed E-state index contributed by atoms with van der Waals surface area (Å²) in [5.74, 6) is -0.880. The fourth-order valence-electron chi connectivity index (χ4n) is 4.73. The first-order valence-electron chi connectivity index (χ1n) is 13.2. The van der Waals surface area contributed by atoms with E-state index in [-0.39, 0.29) is 124 Å². The van der Waals surface area contributed by atoms with E-state index in [9.17, 15) is 35.8 Å². The summed E-state index contributed by atoms with van der Waals surface area (Å²) >= 11 is 2.38. The van der Waals surface area contributed by atoms with Crippen LogP contribution in [0.15, 0.2) is 79.1 Å². The van der Waals surface area contributed by atoms with Crippen molar-refractivity contribution in [1.82, 2.24) is 0 Å². The number of Topliss-reactive ketones (excluding diaryl/α,β-unsaturated/α-hetero) is 1. The van der Waals surface area contributed by atoms with Crippen LogP contribution in [-0.2, 0) is 31.6 Å².